The molecule has 1 saturated heterocycles. The molecule has 1 aliphatic carbocycles. The molecular formula is C32H41N5O3. The van der Waals surface area contributed by atoms with Gasteiger partial charge in [-0.2, -0.15) is 5.10 Å². The van der Waals surface area contributed by atoms with Gasteiger partial charge in [-0.15, -0.1) is 0 Å². The second kappa shape index (κ2) is 13.2. The van der Waals surface area contributed by atoms with E-state index in [1.807, 2.05) is 71.4 Å². The van der Waals surface area contributed by atoms with Gasteiger partial charge in [0.1, 0.15) is 0 Å². The highest BCUT2D eigenvalue weighted by atomic mass is 16.3. The van der Waals surface area contributed by atoms with Crippen LogP contribution in [0.2, 0.25) is 0 Å². The number of amides is 2. The van der Waals surface area contributed by atoms with Gasteiger partial charge in [0.05, 0.1) is 18.3 Å². The maximum Gasteiger partial charge on any atom is 0.251 e. The van der Waals surface area contributed by atoms with Crippen molar-refractivity contribution >= 4 is 17.5 Å². The third-order valence-electron chi connectivity index (χ3n) is 8.19. The molecule has 1 aliphatic heterocycles. The van der Waals surface area contributed by atoms with Crippen molar-refractivity contribution in [2.24, 2.45) is 0 Å². The van der Waals surface area contributed by atoms with E-state index in [0.717, 1.165) is 48.2 Å². The molecule has 1 saturated carbocycles. The number of benzene rings is 2. The number of nitrogens with zero attached hydrogens (tertiary/aromatic N) is 3. The third kappa shape index (κ3) is 6.98. The van der Waals surface area contributed by atoms with E-state index in [1.165, 1.54) is 12.8 Å². The second-order valence-corrected chi connectivity index (χ2v) is 11.1. The van der Waals surface area contributed by atoms with Crippen LogP contribution >= 0.6 is 0 Å². The minimum atomic E-state index is -0.803. The monoisotopic (exact) mass is 543 g/mol. The predicted molar refractivity (Wildman–Crippen MR) is 156 cm³/mol. The van der Waals surface area contributed by atoms with E-state index in [9.17, 15) is 14.7 Å². The average Bonchev–Trinajstić information content (AvgIpc) is 3.75. The van der Waals surface area contributed by atoms with Crippen molar-refractivity contribution < 1.29 is 14.7 Å². The molecule has 0 spiro atoms. The van der Waals surface area contributed by atoms with Gasteiger partial charge in [0.2, 0.25) is 5.91 Å². The van der Waals surface area contributed by atoms with Crippen molar-refractivity contribution in [2.75, 3.05) is 18.0 Å². The number of nitrogens with one attached hydrogen (secondary N) is 2. The van der Waals surface area contributed by atoms with Crippen LogP contribution in [0.25, 0.3) is 0 Å². The van der Waals surface area contributed by atoms with Gasteiger partial charge in [0, 0.05) is 55.6 Å². The Bertz CT molecular complexity index is 1280. The van der Waals surface area contributed by atoms with Gasteiger partial charge in [-0.3, -0.25) is 14.3 Å². The zero-order chi connectivity index (χ0) is 27.9. The summed E-state index contributed by atoms with van der Waals surface area (Å²) < 4.78 is 1.87. The highest BCUT2D eigenvalue weighted by Gasteiger charge is 2.27. The molecule has 2 amide bonds. The summed E-state index contributed by atoms with van der Waals surface area (Å²) in [5.74, 6) is 0.302. The van der Waals surface area contributed by atoms with Crippen molar-refractivity contribution in [1.29, 1.82) is 0 Å². The van der Waals surface area contributed by atoms with Crippen molar-refractivity contribution in [1.82, 2.24) is 20.4 Å². The van der Waals surface area contributed by atoms with Crippen LogP contribution in [0, 0.1) is 0 Å². The quantitative estimate of drug-likeness (QED) is 0.318. The molecule has 3 N–H and O–H groups in total. The molecule has 0 bridgehead atoms. The molecule has 212 valence electrons. The van der Waals surface area contributed by atoms with Crippen LogP contribution in [0.5, 0.6) is 0 Å². The molecule has 3 aromatic rings. The number of aryl methyl sites for hydroxylation is 1. The molecule has 8 heteroatoms. The average molecular weight is 544 g/mol. The first-order chi connectivity index (χ1) is 19.5. The van der Waals surface area contributed by atoms with E-state index in [-0.39, 0.29) is 11.8 Å². The number of aromatic nitrogens is 2. The van der Waals surface area contributed by atoms with E-state index in [4.69, 9.17) is 0 Å². The summed E-state index contributed by atoms with van der Waals surface area (Å²) in [6.07, 6.45) is 9.50. The third-order valence-corrected chi connectivity index (χ3v) is 8.19. The van der Waals surface area contributed by atoms with Crippen LogP contribution in [0.3, 0.4) is 0 Å². The van der Waals surface area contributed by atoms with Gasteiger partial charge in [0.25, 0.3) is 5.91 Å². The van der Waals surface area contributed by atoms with E-state index in [0.29, 0.717) is 44.0 Å². The van der Waals surface area contributed by atoms with Gasteiger partial charge < -0.3 is 20.6 Å². The Balaban J connectivity index is 1.33. The maximum atomic E-state index is 13.7. The Kier molecular flexibility index (Phi) is 9.29. The molecule has 40 heavy (non-hydrogen) atoms. The number of carbonyl (C=O) groups excluding carboxylic acids is 2. The van der Waals surface area contributed by atoms with Crippen LogP contribution in [-0.2, 0) is 24.3 Å². The first-order valence-electron chi connectivity index (χ1n) is 14.7. The molecule has 2 aromatic carbocycles. The van der Waals surface area contributed by atoms with Crippen molar-refractivity contribution in [2.45, 2.75) is 83.0 Å². The Morgan fingerprint density at radius 1 is 1.10 bits per heavy atom. The summed E-state index contributed by atoms with van der Waals surface area (Å²) in [5.41, 5.74) is 4.58. The van der Waals surface area contributed by atoms with E-state index >= 15 is 0 Å². The smallest absolute Gasteiger partial charge is 0.251 e. The zero-order valence-electron chi connectivity index (χ0n) is 23.4. The van der Waals surface area contributed by atoms with Crippen LogP contribution in [0.15, 0.2) is 60.9 Å². The van der Waals surface area contributed by atoms with E-state index in [1.54, 1.807) is 0 Å². The Morgan fingerprint density at radius 2 is 1.90 bits per heavy atom. The molecule has 5 rings (SSSR count). The Hall–Kier alpha value is -3.49. The van der Waals surface area contributed by atoms with Crippen molar-refractivity contribution in [3.63, 3.8) is 0 Å². The largest absolute Gasteiger partial charge is 0.390 e. The summed E-state index contributed by atoms with van der Waals surface area (Å²) in [4.78, 5) is 28.1. The number of rotatable bonds is 12. The standard InChI is InChI=1S/C32H41N5O3/c1-2-36-22-24(20-34-36)19-33-21-30(38)29(15-23-9-4-3-5-10-23)35-32(40)27-16-26(25-11-6-7-12-25)17-28(18-27)37-14-8-13-31(37)39/h3-5,9-10,16-18,20,22,25,29-30,33,38H,2,6-8,11-15,19,21H2,1H3,(H,35,40)/t29-,30-/m0/s1. The fourth-order valence-electron chi connectivity index (χ4n) is 5.92. The number of aliphatic hydroxyl groups excluding tert-OH is 1. The molecule has 8 nitrogen and oxygen atoms in total. The Morgan fingerprint density at radius 3 is 2.60 bits per heavy atom. The van der Waals surface area contributed by atoms with Crippen LogP contribution in [0.4, 0.5) is 5.69 Å². The lowest BCUT2D eigenvalue weighted by molar-refractivity contribution is -0.117. The first kappa shape index (κ1) is 28.1. The van der Waals surface area contributed by atoms with Crippen LogP contribution in [0.1, 0.15) is 78.4 Å². The van der Waals surface area contributed by atoms with Gasteiger partial charge in [-0.1, -0.05) is 43.2 Å². The van der Waals surface area contributed by atoms with E-state index in [2.05, 4.69) is 21.8 Å². The number of anilines is 1. The number of aliphatic hydroxyl groups is 1. The fourth-order valence-corrected chi connectivity index (χ4v) is 5.92. The van der Waals surface area contributed by atoms with E-state index < -0.39 is 12.1 Å². The van der Waals surface area contributed by atoms with Gasteiger partial charge in [-0.25, -0.2) is 0 Å². The molecule has 2 aliphatic rings. The summed E-state index contributed by atoms with van der Waals surface area (Å²) in [7, 11) is 0. The molecule has 1 aromatic heterocycles. The summed E-state index contributed by atoms with van der Waals surface area (Å²) in [5, 5.41) is 22.0. The van der Waals surface area contributed by atoms with Crippen LogP contribution in [-0.4, -0.2) is 51.9 Å². The zero-order valence-corrected chi connectivity index (χ0v) is 23.4. The SMILES string of the molecule is CCn1cc(CNC[C@H](O)[C@H](Cc2ccccc2)NC(=O)c2cc(C3CCCC3)cc(N3CCCC3=O)c2)cn1. The van der Waals surface area contributed by atoms with Gasteiger partial charge >= 0.3 is 0 Å². The number of hydrogen-bond acceptors (Lipinski definition) is 5. The maximum absolute atomic E-state index is 13.7. The second-order valence-electron chi connectivity index (χ2n) is 11.1. The molecule has 2 heterocycles. The number of hydrogen-bond donors (Lipinski definition) is 3. The number of carbonyl (C=O) groups is 2. The fraction of sp³-hybridized carbons (Fsp3) is 0.469. The minimum absolute atomic E-state index is 0.114. The van der Waals surface area contributed by atoms with Crippen molar-refractivity contribution in [3.8, 4) is 0 Å². The summed E-state index contributed by atoms with van der Waals surface area (Å²) in [6.45, 7) is 4.44. The molecule has 0 unspecified atom stereocenters. The molecule has 2 fully saturated rings. The van der Waals surface area contributed by atoms with Gasteiger partial charge in [0.15, 0.2) is 0 Å². The van der Waals surface area contributed by atoms with Gasteiger partial charge in [-0.05, 0) is 67.9 Å². The molecular weight excluding hydrogens is 502 g/mol. The predicted octanol–water partition coefficient (Wildman–Crippen LogP) is 4.18. The molecule has 2 atom stereocenters. The summed E-state index contributed by atoms with van der Waals surface area (Å²) in [6, 6.07) is 15.4. The molecule has 0 radical (unpaired) electrons. The normalized spacial score (nSPS) is 17.4. The highest BCUT2D eigenvalue weighted by Crippen LogP contribution is 2.37. The Labute approximate surface area is 236 Å². The topological polar surface area (TPSA) is 99.5 Å². The minimum Gasteiger partial charge on any atom is -0.390 e. The lowest BCUT2D eigenvalue weighted by atomic mass is 9.94. The van der Waals surface area contributed by atoms with Crippen molar-refractivity contribution in [3.05, 3.63) is 83.2 Å². The van der Waals surface area contributed by atoms with Crippen LogP contribution < -0.4 is 15.5 Å². The first-order valence-corrected chi connectivity index (χ1v) is 14.7. The highest BCUT2D eigenvalue weighted by molar-refractivity contribution is 5.99. The lowest BCUT2D eigenvalue weighted by Gasteiger charge is -2.26. The summed E-state index contributed by atoms with van der Waals surface area (Å²) >= 11 is 0. The lowest BCUT2D eigenvalue weighted by Crippen LogP contribution is -2.48.